The first-order chi connectivity index (χ1) is 8.25. The topological polar surface area (TPSA) is 57.8 Å². The van der Waals surface area contributed by atoms with E-state index in [-0.39, 0.29) is 5.56 Å². The fourth-order valence-corrected chi connectivity index (χ4v) is 1.62. The molecule has 1 heterocycles. The molecule has 2 rings (SSSR count). The second-order valence-corrected chi connectivity index (χ2v) is 3.99. The molecule has 0 fully saturated rings. The fourth-order valence-electron chi connectivity index (χ4n) is 1.62. The van der Waals surface area contributed by atoms with Crippen LogP contribution >= 0.6 is 0 Å². The van der Waals surface area contributed by atoms with Crippen LogP contribution < -0.4 is 10.9 Å². The zero-order chi connectivity index (χ0) is 12.1. The lowest BCUT2D eigenvalue weighted by Gasteiger charge is -2.12. The van der Waals surface area contributed by atoms with Gasteiger partial charge in [0.2, 0.25) is 0 Å². The maximum absolute atomic E-state index is 11.1. The maximum atomic E-state index is 11.1. The quantitative estimate of drug-likeness (QED) is 0.842. The van der Waals surface area contributed by atoms with Crippen LogP contribution in [0.4, 0.5) is 5.82 Å². The second kappa shape index (κ2) is 5.30. The SMILES string of the molecule is CC(CNc1cc(=O)[nH]cn1)c1ccccc1. The lowest BCUT2D eigenvalue weighted by molar-refractivity contribution is 0.800. The largest absolute Gasteiger partial charge is 0.369 e. The Morgan fingerprint density at radius 2 is 2.12 bits per heavy atom. The Kier molecular flexibility index (Phi) is 3.55. The average molecular weight is 229 g/mol. The summed E-state index contributed by atoms with van der Waals surface area (Å²) in [7, 11) is 0. The summed E-state index contributed by atoms with van der Waals surface area (Å²) in [4.78, 5) is 17.6. The molecule has 17 heavy (non-hydrogen) atoms. The number of aromatic amines is 1. The summed E-state index contributed by atoms with van der Waals surface area (Å²) in [6.07, 6.45) is 1.40. The second-order valence-electron chi connectivity index (χ2n) is 3.99. The third-order valence-corrected chi connectivity index (χ3v) is 2.64. The molecule has 0 amide bonds. The smallest absolute Gasteiger partial charge is 0.252 e. The van der Waals surface area contributed by atoms with E-state index in [0.29, 0.717) is 11.7 Å². The van der Waals surface area contributed by atoms with E-state index in [9.17, 15) is 4.79 Å². The van der Waals surface area contributed by atoms with Gasteiger partial charge in [0, 0.05) is 12.6 Å². The lowest BCUT2D eigenvalue weighted by atomic mass is 10.0. The Labute approximate surface area is 99.7 Å². The minimum absolute atomic E-state index is 0.144. The third-order valence-electron chi connectivity index (χ3n) is 2.64. The molecule has 2 N–H and O–H groups in total. The van der Waals surface area contributed by atoms with Crippen LogP contribution in [0.5, 0.6) is 0 Å². The van der Waals surface area contributed by atoms with Crippen LogP contribution in [-0.2, 0) is 0 Å². The first kappa shape index (κ1) is 11.4. The predicted molar refractivity (Wildman–Crippen MR) is 68.2 cm³/mol. The highest BCUT2D eigenvalue weighted by atomic mass is 16.1. The summed E-state index contributed by atoms with van der Waals surface area (Å²) in [6.45, 7) is 2.88. The molecule has 0 aliphatic rings. The summed E-state index contributed by atoms with van der Waals surface area (Å²) in [5.74, 6) is 0.980. The monoisotopic (exact) mass is 229 g/mol. The molecular formula is C13H15N3O. The van der Waals surface area contributed by atoms with Crippen LogP contribution in [0.1, 0.15) is 18.4 Å². The van der Waals surface area contributed by atoms with Gasteiger partial charge in [0.15, 0.2) is 0 Å². The molecule has 0 saturated carbocycles. The van der Waals surface area contributed by atoms with Gasteiger partial charge in [-0.15, -0.1) is 0 Å². The van der Waals surface area contributed by atoms with Crippen molar-refractivity contribution in [3.05, 3.63) is 58.6 Å². The van der Waals surface area contributed by atoms with E-state index in [1.165, 1.54) is 18.0 Å². The molecule has 0 saturated heterocycles. The van der Waals surface area contributed by atoms with Crippen LogP contribution in [0.15, 0.2) is 47.5 Å². The van der Waals surface area contributed by atoms with E-state index in [1.54, 1.807) is 0 Å². The van der Waals surface area contributed by atoms with Gasteiger partial charge in [-0.2, -0.15) is 0 Å². The van der Waals surface area contributed by atoms with Crippen molar-refractivity contribution in [3.8, 4) is 0 Å². The zero-order valence-corrected chi connectivity index (χ0v) is 9.68. The summed E-state index contributed by atoms with van der Waals surface area (Å²) in [5, 5.41) is 3.15. The van der Waals surface area contributed by atoms with E-state index in [2.05, 4.69) is 34.3 Å². The van der Waals surface area contributed by atoms with Crippen molar-refractivity contribution in [1.29, 1.82) is 0 Å². The van der Waals surface area contributed by atoms with Gasteiger partial charge in [-0.1, -0.05) is 37.3 Å². The number of hydrogen-bond acceptors (Lipinski definition) is 3. The Morgan fingerprint density at radius 3 is 2.82 bits per heavy atom. The molecule has 0 radical (unpaired) electrons. The van der Waals surface area contributed by atoms with Crippen LogP contribution in [0.2, 0.25) is 0 Å². The highest BCUT2D eigenvalue weighted by Crippen LogP contribution is 2.14. The molecule has 1 aromatic carbocycles. The van der Waals surface area contributed by atoms with E-state index in [0.717, 1.165) is 6.54 Å². The normalized spacial score (nSPS) is 12.1. The maximum Gasteiger partial charge on any atom is 0.252 e. The molecule has 1 unspecified atom stereocenters. The highest BCUT2D eigenvalue weighted by molar-refractivity contribution is 5.33. The van der Waals surface area contributed by atoms with Crippen LogP contribution in [0.3, 0.4) is 0 Å². The third kappa shape index (κ3) is 3.17. The van der Waals surface area contributed by atoms with Crippen molar-refractivity contribution >= 4 is 5.82 Å². The summed E-state index contributed by atoms with van der Waals surface area (Å²) in [5.41, 5.74) is 1.12. The molecule has 4 nitrogen and oxygen atoms in total. The summed E-state index contributed by atoms with van der Waals surface area (Å²) in [6, 6.07) is 11.7. The Hall–Kier alpha value is -2.10. The standard InChI is InChI=1S/C13H15N3O/c1-10(11-5-3-2-4-6-11)8-14-12-7-13(17)16-9-15-12/h2-7,9-10H,8H2,1H3,(H2,14,15,16,17). The van der Waals surface area contributed by atoms with Crippen molar-refractivity contribution in [2.24, 2.45) is 0 Å². The van der Waals surface area contributed by atoms with E-state index in [4.69, 9.17) is 0 Å². The Morgan fingerprint density at radius 1 is 1.35 bits per heavy atom. The number of H-pyrrole nitrogens is 1. The van der Waals surface area contributed by atoms with E-state index in [1.807, 2.05) is 18.2 Å². The van der Waals surface area contributed by atoms with E-state index < -0.39 is 0 Å². The molecule has 1 atom stereocenters. The van der Waals surface area contributed by atoms with Crippen LogP contribution in [0, 0.1) is 0 Å². The molecule has 0 aliphatic heterocycles. The lowest BCUT2D eigenvalue weighted by Crippen LogP contribution is -2.13. The van der Waals surface area contributed by atoms with Crippen LogP contribution in [-0.4, -0.2) is 16.5 Å². The number of hydrogen-bond donors (Lipinski definition) is 2. The van der Waals surface area contributed by atoms with Crippen LogP contribution in [0.25, 0.3) is 0 Å². The van der Waals surface area contributed by atoms with E-state index >= 15 is 0 Å². The number of benzene rings is 1. The number of nitrogens with one attached hydrogen (secondary N) is 2. The van der Waals surface area contributed by atoms with Crippen molar-refractivity contribution < 1.29 is 0 Å². The molecule has 0 spiro atoms. The summed E-state index contributed by atoms with van der Waals surface area (Å²) >= 11 is 0. The zero-order valence-electron chi connectivity index (χ0n) is 9.68. The highest BCUT2D eigenvalue weighted by Gasteiger charge is 2.04. The van der Waals surface area contributed by atoms with Gasteiger partial charge in [-0.25, -0.2) is 4.98 Å². The van der Waals surface area contributed by atoms with Gasteiger partial charge < -0.3 is 10.3 Å². The molecule has 88 valence electrons. The molecule has 0 aliphatic carbocycles. The number of anilines is 1. The van der Waals surface area contributed by atoms with Gasteiger partial charge >= 0.3 is 0 Å². The first-order valence-electron chi connectivity index (χ1n) is 5.59. The molecule has 1 aromatic heterocycles. The van der Waals surface area contributed by atoms with Crippen molar-refractivity contribution in [2.45, 2.75) is 12.8 Å². The van der Waals surface area contributed by atoms with Gasteiger partial charge in [0.05, 0.1) is 6.33 Å². The summed E-state index contributed by atoms with van der Waals surface area (Å²) < 4.78 is 0. The van der Waals surface area contributed by atoms with Gasteiger partial charge in [0.1, 0.15) is 5.82 Å². The fraction of sp³-hybridized carbons (Fsp3) is 0.231. The Bertz CT molecular complexity index is 521. The van der Waals surface area contributed by atoms with Gasteiger partial charge in [-0.05, 0) is 11.5 Å². The minimum Gasteiger partial charge on any atom is -0.369 e. The minimum atomic E-state index is -0.144. The molecule has 4 heteroatoms. The molecule has 0 bridgehead atoms. The Balaban J connectivity index is 1.97. The van der Waals surface area contributed by atoms with Crippen molar-refractivity contribution in [2.75, 3.05) is 11.9 Å². The average Bonchev–Trinajstić information content (AvgIpc) is 2.37. The van der Waals surface area contributed by atoms with Crippen molar-refractivity contribution in [3.63, 3.8) is 0 Å². The van der Waals surface area contributed by atoms with Crippen molar-refractivity contribution in [1.82, 2.24) is 9.97 Å². The van der Waals surface area contributed by atoms with Gasteiger partial charge in [0.25, 0.3) is 5.56 Å². The predicted octanol–water partition coefficient (Wildman–Crippen LogP) is 1.99. The number of rotatable bonds is 4. The number of nitrogens with zero attached hydrogens (tertiary/aromatic N) is 1. The first-order valence-corrected chi connectivity index (χ1v) is 5.59. The van der Waals surface area contributed by atoms with Gasteiger partial charge in [-0.3, -0.25) is 4.79 Å². The molecule has 2 aromatic rings. The number of aromatic nitrogens is 2. The molecular weight excluding hydrogens is 214 g/mol.